The standard InChI is InChI=1S/C13H13NOS2/c1-2-16-11-5-3-10(4-6-11)12-9-17-13(14-12)7-8-15/h3-6,8-9H,2,7H2,1H3. The molecule has 4 heteroatoms. The van der Waals surface area contributed by atoms with Gasteiger partial charge in [-0.15, -0.1) is 23.1 Å². The van der Waals surface area contributed by atoms with E-state index in [0.29, 0.717) is 6.42 Å². The van der Waals surface area contributed by atoms with E-state index in [1.54, 1.807) is 0 Å². The molecule has 0 spiro atoms. The fourth-order valence-electron chi connectivity index (χ4n) is 1.50. The largest absolute Gasteiger partial charge is 0.303 e. The highest BCUT2D eigenvalue weighted by atomic mass is 32.2. The summed E-state index contributed by atoms with van der Waals surface area (Å²) in [6, 6.07) is 8.39. The Kier molecular flexibility index (Phi) is 4.34. The van der Waals surface area contributed by atoms with Crippen LogP contribution < -0.4 is 0 Å². The highest BCUT2D eigenvalue weighted by Gasteiger charge is 2.04. The zero-order valence-corrected chi connectivity index (χ0v) is 11.2. The molecule has 0 amide bonds. The average molecular weight is 263 g/mol. The molecular formula is C13H13NOS2. The van der Waals surface area contributed by atoms with Crippen molar-refractivity contribution in [3.63, 3.8) is 0 Å². The lowest BCUT2D eigenvalue weighted by atomic mass is 10.2. The number of thiazole rings is 1. The van der Waals surface area contributed by atoms with Crippen molar-refractivity contribution in [3.8, 4) is 11.3 Å². The van der Waals surface area contributed by atoms with Crippen LogP contribution in [0.25, 0.3) is 11.3 Å². The summed E-state index contributed by atoms with van der Waals surface area (Å²) < 4.78 is 0. The third kappa shape index (κ3) is 3.17. The Morgan fingerprint density at radius 2 is 2.12 bits per heavy atom. The molecule has 0 fully saturated rings. The van der Waals surface area contributed by atoms with Crippen LogP contribution in [0.1, 0.15) is 11.9 Å². The Labute approximate surface area is 109 Å². The minimum Gasteiger partial charge on any atom is -0.303 e. The maximum Gasteiger partial charge on any atom is 0.126 e. The van der Waals surface area contributed by atoms with Crippen LogP contribution in [-0.4, -0.2) is 17.0 Å². The predicted octanol–water partition coefficient (Wildman–Crippen LogP) is 3.66. The summed E-state index contributed by atoms with van der Waals surface area (Å²) in [4.78, 5) is 16.1. The van der Waals surface area contributed by atoms with Gasteiger partial charge in [-0.3, -0.25) is 0 Å². The molecule has 1 aromatic carbocycles. The summed E-state index contributed by atoms with van der Waals surface area (Å²) in [6.07, 6.45) is 1.30. The van der Waals surface area contributed by atoms with Crippen molar-refractivity contribution >= 4 is 29.4 Å². The molecule has 1 aromatic heterocycles. The van der Waals surface area contributed by atoms with Crippen LogP contribution in [0, 0.1) is 0 Å². The van der Waals surface area contributed by atoms with Crippen molar-refractivity contribution in [2.75, 3.05) is 5.75 Å². The van der Waals surface area contributed by atoms with Gasteiger partial charge in [-0.1, -0.05) is 19.1 Å². The molecule has 17 heavy (non-hydrogen) atoms. The maximum absolute atomic E-state index is 10.4. The lowest BCUT2D eigenvalue weighted by Crippen LogP contribution is -1.84. The monoisotopic (exact) mass is 263 g/mol. The first kappa shape index (κ1) is 12.3. The minimum absolute atomic E-state index is 0.411. The van der Waals surface area contributed by atoms with Gasteiger partial charge in [0.1, 0.15) is 11.3 Å². The summed E-state index contributed by atoms with van der Waals surface area (Å²) in [7, 11) is 0. The summed E-state index contributed by atoms with van der Waals surface area (Å²) in [5.74, 6) is 1.08. The van der Waals surface area contributed by atoms with E-state index in [9.17, 15) is 4.79 Å². The number of thioether (sulfide) groups is 1. The first-order valence-corrected chi connectivity index (χ1v) is 7.31. The molecule has 2 aromatic rings. The number of carbonyl (C=O) groups is 1. The summed E-state index contributed by atoms with van der Waals surface area (Å²) in [5.41, 5.74) is 2.07. The van der Waals surface area contributed by atoms with E-state index in [2.05, 4.69) is 36.2 Å². The molecule has 2 rings (SSSR count). The van der Waals surface area contributed by atoms with Crippen molar-refractivity contribution < 1.29 is 4.79 Å². The van der Waals surface area contributed by atoms with Crippen molar-refractivity contribution in [2.45, 2.75) is 18.2 Å². The number of carbonyl (C=O) groups excluding carboxylic acids is 1. The Morgan fingerprint density at radius 1 is 1.35 bits per heavy atom. The van der Waals surface area contributed by atoms with E-state index in [4.69, 9.17) is 0 Å². The van der Waals surface area contributed by atoms with Gasteiger partial charge >= 0.3 is 0 Å². The van der Waals surface area contributed by atoms with Crippen molar-refractivity contribution in [3.05, 3.63) is 34.7 Å². The second-order valence-corrected chi connectivity index (χ2v) is 5.73. The average Bonchev–Trinajstić information content (AvgIpc) is 2.80. The molecule has 0 N–H and O–H groups in total. The van der Waals surface area contributed by atoms with Gasteiger partial charge in [0.25, 0.3) is 0 Å². The van der Waals surface area contributed by atoms with E-state index in [0.717, 1.165) is 28.3 Å². The van der Waals surface area contributed by atoms with Crippen molar-refractivity contribution in [1.82, 2.24) is 4.98 Å². The van der Waals surface area contributed by atoms with Crippen LogP contribution in [0.4, 0.5) is 0 Å². The molecule has 0 saturated carbocycles. The van der Waals surface area contributed by atoms with Gasteiger partial charge in [0, 0.05) is 15.8 Å². The first-order chi connectivity index (χ1) is 8.33. The van der Waals surface area contributed by atoms with Gasteiger partial charge in [0.15, 0.2) is 0 Å². The van der Waals surface area contributed by atoms with Crippen LogP contribution in [0.2, 0.25) is 0 Å². The fraction of sp³-hybridized carbons (Fsp3) is 0.231. The van der Waals surface area contributed by atoms with Gasteiger partial charge in [-0.05, 0) is 17.9 Å². The zero-order valence-electron chi connectivity index (χ0n) is 9.55. The predicted molar refractivity (Wildman–Crippen MR) is 73.7 cm³/mol. The number of aromatic nitrogens is 1. The second-order valence-electron chi connectivity index (χ2n) is 3.45. The molecular weight excluding hydrogens is 250 g/mol. The normalized spacial score (nSPS) is 10.4. The molecule has 88 valence electrons. The van der Waals surface area contributed by atoms with Gasteiger partial charge < -0.3 is 4.79 Å². The van der Waals surface area contributed by atoms with Gasteiger partial charge in [0.2, 0.25) is 0 Å². The molecule has 0 bridgehead atoms. The topological polar surface area (TPSA) is 30.0 Å². The number of hydrogen-bond acceptors (Lipinski definition) is 4. The lowest BCUT2D eigenvalue weighted by molar-refractivity contribution is -0.107. The summed E-state index contributed by atoms with van der Waals surface area (Å²) in [5, 5.41) is 2.88. The molecule has 0 radical (unpaired) electrons. The van der Waals surface area contributed by atoms with Gasteiger partial charge in [0.05, 0.1) is 12.1 Å². The first-order valence-electron chi connectivity index (χ1n) is 5.44. The molecule has 1 heterocycles. The van der Waals surface area contributed by atoms with Crippen LogP contribution >= 0.6 is 23.1 Å². The minimum atomic E-state index is 0.411. The maximum atomic E-state index is 10.4. The smallest absolute Gasteiger partial charge is 0.126 e. The highest BCUT2D eigenvalue weighted by molar-refractivity contribution is 7.99. The lowest BCUT2D eigenvalue weighted by Gasteiger charge is -2.00. The number of rotatable bonds is 5. The van der Waals surface area contributed by atoms with E-state index < -0.39 is 0 Å². The third-order valence-electron chi connectivity index (χ3n) is 2.27. The van der Waals surface area contributed by atoms with Gasteiger partial charge in [-0.25, -0.2) is 4.98 Å². The number of aldehydes is 1. The van der Waals surface area contributed by atoms with Crippen molar-refractivity contribution in [2.24, 2.45) is 0 Å². The van der Waals surface area contributed by atoms with E-state index in [-0.39, 0.29) is 0 Å². The molecule has 0 aliphatic carbocycles. The SMILES string of the molecule is CCSc1ccc(-c2csc(CC=O)n2)cc1. The van der Waals surface area contributed by atoms with Crippen LogP contribution in [0.3, 0.4) is 0 Å². The fourth-order valence-corrected chi connectivity index (χ4v) is 2.91. The van der Waals surface area contributed by atoms with E-state index >= 15 is 0 Å². The molecule has 0 unspecified atom stereocenters. The Morgan fingerprint density at radius 3 is 2.76 bits per heavy atom. The van der Waals surface area contributed by atoms with E-state index in [1.807, 2.05) is 17.1 Å². The molecule has 0 aliphatic heterocycles. The Bertz CT molecular complexity index is 490. The summed E-state index contributed by atoms with van der Waals surface area (Å²) >= 11 is 3.36. The van der Waals surface area contributed by atoms with E-state index in [1.165, 1.54) is 16.2 Å². The molecule has 0 aliphatic rings. The highest BCUT2D eigenvalue weighted by Crippen LogP contribution is 2.25. The van der Waals surface area contributed by atoms with Crippen molar-refractivity contribution in [1.29, 1.82) is 0 Å². The third-order valence-corrected chi connectivity index (χ3v) is 4.04. The Hall–Kier alpha value is -1.13. The number of nitrogens with zero attached hydrogens (tertiary/aromatic N) is 1. The van der Waals surface area contributed by atoms with Crippen LogP contribution in [0.15, 0.2) is 34.5 Å². The quantitative estimate of drug-likeness (QED) is 0.609. The summed E-state index contributed by atoms with van der Waals surface area (Å²) in [6.45, 7) is 2.14. The zero-order chi connectivity index (χ0) is 12.1. The molecule has 0 saturated heterocycles. The number of benzene rings is 1. The molecule has 0 atom stereocenters. The Balaban J connectivity index is 2.17. The second kappa shape index (κ2) is 5.98. The molecule has 2 nitrogen and oxygen atoms in total. The number of hydrogen-bond donors (Lipinski definition) is 0. The van der Waals surface area contributed by atoms with Crippen LogP contribution in [0.5, 0.6) is 0 Å². The van der Waals surface area contributed by atoms with Crippen LogP contribution in [-0.2, 0) is 11.2 Å². The van der Waals surface area contributed by atoms with Gasteiger partial charge in [-0.2, -0.15) is 0 Å².